The Balaban J connectivity index is 2.20. The van der Waals surface area contributed by atoms with Gasteiger partial charge in [-0.15, -0.1) is 14.8 Å². The highest BCUT2D eigenvalue weighted by Crippen LogP contribution is 2.10. The summed E-state index contributed by atoms with van der Waals surface area (Å²) >= 11 is 4.87. The molecule has 8 heteroatoms. The van der Waals surface area contributed by atoms with Gasteiger partial charge in [-0.2, -0.15) is 0 Å². The molecule has 0 radical (unpaired) electrons. The van der Waals surface area contributed by atoms with Gasteiger partial charge in [-0.05, 0) is 29.5 Å². The molecule has 2 N–H and O–H groups in total. The van der Waals surface area contributed by atoms with E-state index < -0.39 is 0 Å². The van der Waals surface area contributed by atoms with Gasteiger partial charge in [-0.3, -0.25) is 0 Å². The van der Waals surface area contributed by atoms with Crippen LogP contribution in [0.1, 0.15) is 13.3 Å². The van der Waals surface area contributed by atoms with Gasteiger partial charge in [-0.1, -0.05) is 12.2 Å². The lowest BCUT2D eigenvalue weighted by atomic mass is 10.3. The molecule has 0 aliphatic rings. The second-order valence-corrected chi connectivity index (χ2v) is 4.04. The summed E-state index contributed by atoms with van der Waals surface area (Å²) in [5.41, 5.74) is 6.12. The summed E-state index contributed by atoms with van der Waals surface area (Å²) in [6.07, 6.45) is 0.665. The van der Waals surface area contributed by atoms with Crippen LogP contribution in [0.15, 0.2) is 12.1 Å². The number of nitrogens with two attached hydrogens (primary N) is 1. The van der Waals surface area contributed by atoms with Gasteiger partial charge in [0.2, 0.25) is 0 Å². The molecular formula is C9H13N7S. The van der Waals surface area contributed by atoms with Crippen molar-refractivity contribution in [3.63, 3.8) is 0 Å². The Labute approximate surface area is 104 Å². The van der Waals surface area contributed by atoms with Crippen LogP contribution in [0.3, 0.4) is 0 Å². The molecule has 90 valence electrons. The number of hydrogen-bond donors (Lipinski definition) is 1. The van der Waals surface area contributed by atoms with Gasteiger partial charge < -0.3 is 10.6 Å². The number of anilines is 1. The highest BCUT2D eigenvalue weighted by atomic mass is 32.1. The van der Waals surface area contributed by atoms with Crippen LogP contribution >= 0.6 is 12.2 Å². The van der Waals surface area contributed by atoms with Gasteiger partial charge in [0.05, 0.1) is 4.99 Å². The number of fused-ring (bicyclic) bond motifs is 1. The Hall–Kier alpha value is -1.83. The Morgan fingerprint density at radius 3 is 3.06 bits per heavy atom. The zero-order valence-corrected chi connectivity index (χ0v) is 10.3. The van der Waals surface area contributed by atoms with Crippen molar-refractivity contribution in [1.29, 1.82) is 0 Å². The Bertz CT molecular complexity index is 523. The summed E-state index contributed by atoms with van der Waals surface area (Å²) in [5.74, 6) is 0.809. The normalized spacial score (nSPS) is 10.6. The van der Waals surface area contributed by atoms with Crippen LogP contribution < -0.4 is 10.6 Å². The number of nitrogens with zero attached hydrogens (tertiary/aromatic N) is 6. The van der Waals surface area contributed by atoms with E-state index in [1.165, 1.54) is 4.63 Å². The summed E-state index contributed by atoms with van der Waals surface area (Å²) in [6, 6.07) is 3.71. The molecule has 2 rings (SSSR count). The number of aromatic nitrogens is 5. The molecule has 0 saturated carbocycles. The molecule has 0 saturated heterocycles. The molecule has 0 aliphatic carbocycles. The SMILES string of the molecule is CCN(CCC(N)=S)c1ccc2nnnn2n1. The number of thiocarbonyl (C=S) groups is 1. The maximum absolute atomic E-state index is 5.49. The highest BCUT2D eigenvalue weighted by Gasteiger charge is 2.08. The molecule has 0 bridgehead atoms. The molecule has 17 heavy (non-hydrogen) atoms. The molecule has 0 aromatic carbocycles. The third-order valence-corrected chi connectivity index (χ3v) is 2.59. The van der Waals surface area contributed by atoms with E-state index in [9.17, 15) is 0 Å². The van der Waals surface area contributed by atoms with Gasteiger partial charge >= 0.3 is 0 Å². The van der Waals surface area contributed by atoms with Crippen LogP contribution in [0.2, 0.25) is 0 Å². The standard InChI is InChI=1S/C9H13N7S/c1-2-15(6-5-7(10)17)9-4-3-8-11-13-14-16(8)12-9/h3-4H,2,5-6H2,1H3,(H2,10,17). The van der Waals surface area contributed by atoms with Crippen molar-refractivity contribution in [3.8, 4) is 0 Å². The molecule has 0 amide bonds. The predicted molar refractivity (Wildman–Crippen MR) is 67.9 cm³/mol. The second-order valence-electron chi connectivity index (χ2n) is 3.51. The molecular weight excluding hydrogens is 238 g/mol. The average molecular weight is 251 g/mol. The van der Waals surface area contributed by atoms with Gasteiger partial charge in [0, 0.05) is 19.5 Å². The molecule has 0 unspecified atom stereocenters. The Morgan fingerprint density at radius 1 is 1.53 bits per heavy atom. The van der Waals surface area contributed by atoms with Crippen LogP contribution in [0.4, 0.5) is 5.82 Å². The highest BCUT2D eigenvalue weighted by molar-refractivity contribution is 7.80. The quantitative estimate of drug-likeness (QED) is 0.750. The third-order valence-electron chi connectivity index (χ3n) is 2.39. The molecule has 2 aromatic heterocycles. The summed E-state index contributed by atoms with van der Waals surface area (Å²) in [6.45, 7) is 3.61. The molecule has 0 aliphatic heterocycles. The van der Waals surface area contributed by atoms with E-state index >= 15 is 0 Å². The molecule has 2 aromatic rings. The minimum absolute atomic E-state index is 0.506. The van der Waals surface area contributed by atoms with Crippen molar-refractivity contribution < 1.29 is 0 Å². The molecule has 7 nitrogen and oxygen atoms in total. The van der Waals surface area contributed by atoms with E-state index in [0.29, 0.717) is 17.1 Å². The topological polar surface area (TPSA) is 85.2 Å². The lowest BCUT2D eigenvalue weighted by molar-refractivity contribution is 0.711. The van der Waals surface area contributed by atoms with Crippen molar-refractivity contribution in [2.24, 2.45) is 5.73 Å². The fraction of sp³-hybridized carbons (Fsp3) is 0.444. The Morgan fingerprint density at radius 2 is 2.35 bits per heavy atom. The summed E-state index contributed by atoms with van der Waals surface area (Å²) in [5, 5.41) is 15.4. The third kappa shape index (κ3) is 2.64. The van der Waals surface area contributed by atoms with Gasteiger partial charge in [-0.25, -0.2) is 0 Å². The van der Waals surface area contributed by atoms with E-state index in [-0.39, 0.29) is 0 Å². The second kappa shape index (κ2) is 5.00. The minimum atomic E-state index is 0.506. The average Bonchev–Trinajstić information content (AvgIpc) is 2.76. The zero-order valence-electron chi connectivity index (χ0n) is 9.44. The van der Waals surface area contributed by atoms with Crippen molar-refractivity contribution in [2.75, 3.05) is 18.0 Å². The number of rotatable bonds is 5. The fourth-order valence-electron chi connectivity index (χ4n) is 1.49. The van der Waals surface area contributed by atoms with E-state index in [1.807, 2.05) is 19.1 Å². The smallest absolute Gasteiger partial charge is 0.200 e. The fourth-order valence-corrected chi connectivity index (χ4v) is 1.58. The van der Waals surface area contributed by atoms with E-state index in [4.69, 9.17) is 18.0 Å². The van der Waals surface area contributed by atoms with Crippen molar-refractivity contribution >= 4 is 28.7 Å². The first-order valence-corrected chi connectivity index (χ1v) is 5.70. The van der Waals surface area contributed by atoms with Crippen LogP contribution in [-0.2, 0) is 0 Å². The largest absolute Gasteiger partial charge is 0.393 e. The van der Waals surface area contributed by atoms with Crippen molar-refractivity contribution in [3.05, 3.63) is 12.1 Å². The molecule has 0 spiro atoms. The lowest BCUT2D eigenvalue weighted by Crippen LogP contribution is -2.28. The predicted octanol–water partition coefficient (Wildman–Crippen LogP) is 0.0218. The first-order chi connectivity index (χ1) is 8.20. The van der Waals surface area contributed by atoms with Crippen molar-refractivity contribution in [1.82, 2.24) is 25.3 Å². The van der Waals surface area contributed by atoms with Crippen LogP contribution in [-0.4, -0.2) is 43.3 Å². The van der Waals surface area contributed by atoms with E-state index in [0.717, 1.165) is 18.9 Å². The number of hydrogen-bond acceptors (Lipinski definition) is 6. The van der Waals surface area contributed by atoms with Gasteiger partial charge in [0.25, 0.3) is 0 Å². The monoisotopic (exact) mass is 251 g/mol. The van der Waals surface area contributed by atoms with Gasteiger partial charge in [0.1, 0.15) is 0 Å². The summed E-state index contributed by atoms with van der Waals surface area (Å²) in [4.78, 5) is 2.58. The summed E-state index contributed by atoms with van der Waals surface area (Å²) < 4.78 is 1.40. The molecule has 0 fully saturated rings. The Kier molecular flexibility index (Phi) is 3.43. The van der Waals surface area contributed by atoms with Crippen LogP contribution in [0.5, 0.6) is 0 Å². The molecule has 0 atom stereocenters. The first kappa shape index (κ1) is 11.6. The van der Waals surface area contributed by atoms with Crippen LogP contribution in [0, 0.1) is 0 Å². The van der Waals surface area contributed by atoms with E-state index in [2.05, 4.69) is 25.5 Å². The lowest BCUT2D eigenvalue weighted by Gasteiger charge is -2.20. The first-order valence-electron chi connectivity index (χ1n) is 5.29. The van der Waals surface area contributed by atoms with Gasteiger partial charge in [0.15, 0.2) is 11.5 Å². The summed E-state index contributed by atoms with van der Waals surface area (Å²) in [7, 11) is 0. The maximum Gasteiger partial charge on any atom is 0.200 e. The minimum Gasteiger partial charge on any atom is -0.393 e. The molecule has 2 heterocycles. The van der Waals surface area contributed by atoms with Crippen LogP contribution in [0.25, 0.3) is 5.65 Å². The number of tetrazole rings is 1. The maximum atomic E-state index is 5.49. The zero-order chi connectivity index (χ0) is 12.3. The van der Waals surface area contributed by atoms with Crippen molar-refractivity contribution in [2.45, 2.75) is 13.3 Å². The van der Waals surface area contributed by atoms with E-state index in [1.54, 1.807) is 0 Å².